The van der Waals surface area contributed by atoms with Gasteiger partial charge in [0.25, 0.3) is 0 Å². The molecule has 20 heavy (non-hydrogen) atoms. The van der Waals surface area contributed by atoms with Crippen molar-refractivity contribution in [2.45, 2.75) is 32.2 Å². The lowest BCUT2D eigenvalue weighted by molar-refractivity contribution is 0.367. The van der Waals surface area contributed by atoms with E-state index in [4.69, 9.17) is 10.00 Å². The molecule has 4 heteroatoms. The zero-order valence-electron chi connectivity index (χ0n) is 12.2. The van der Waals surface area contributed by atoms with Crippen molar-refractivity contribution >= 4 is 11.8 Å². The molecule has 0 fully saturated rings. The Morgan fingerprint density at radius 3 is 2.90 bits per heavy atom. The summed E-state index contributed by atoms with van der Waals surface area (Å²) >= 11 is 1.93. The first kappa shape index (κ1) is 16.9. The Kier molecular flexibility index (Phi) is 9.81. The van der Waals surface area contributed by atoms with Gasteiger partial charge in [0.2, 0.25) is 0 Å². The highest BCUT2D eigenvalue weighted by molar-refractivity contribution is 7.98. The fraction of sp³-hybridized carbons (Fsp3) is 0.562. The van der Waals surface area contributed by atoms with Gasteiger partial charge in [-0.1, -0.05) is 25.0 Å². The predicted molar refractivity (Wildman–Crippen MR) is 86.1 cm³/mol. The molecular weight excluding hydrogens is 268 g/mol. The molecular formula is C16H24N2OS. The second-order valence-electron chi connectivity index (χ2n) is 4.68. The Hall–Kier alpha value is -1.18. The van der Waals surface area contributed by atoms with Gasteiger partial charge in [-0.2, -0.15) is 17.0 Å². The number of thioether (sulfide) groups is 1. The predicted octanol–water partition coefficient (Wildman–Crippen LogP) is 3.60. The maximum absolute atomic E-state index is 8.49. The van der Waals surface area contributed by atoms with E-state index in [1.54, 1.807) is 0 Å². The number of rotatable bonds is 11. The van der Waals surface area contributed by atoms with E-state index in [0.29, 0.717) is 0 Å². The molecule has 0 saturated carbocycles. The minimum Gasteiger partial charge on any atom is -0.479 e. The third kappa shape index (κ3) is 8.08. The standard InChI is InChI=1S/C16H24N2OS/c1-20-12-5-3-2-4-10-18-14-15-7-6-8-16(13-15)19-11-9-17/h6-8,13,18H,2-5,10-12,14H2,1H3. The molecule has 0 aliphatic rings. The molecule has 0 atom stereocenters. The largest absolute Gasteiger partial charge is 0.479 e. The Morgan fingerprint density at radius 2 is 2.10 bits per heavy atom. The summed E-state index contributed by atoms with van der Waals surface area (Å²) in [6, 6.07) is 9.89. The van der Waals surface area contributed by atoms with E-state index in [0.717, 1.165) is 18.8 Å². The maximum Gasteiger partial charge on any atom is 0.174 e. The number of benzene rings is 1. The number of nitrogens with one attached hydrogen (secondary N) is 1. The second-order valence-corrected chi connectivity index (χ2v) is 5.66. The van der Waals surface area contributed by atoms with Crippen LogP contribution in [0.1, 0.15) is 31.2 Å². The molecule has 0 bridgehead atoms. The number of nitrogens with zero attached hydrogens (tertiary/aromatic N) is 1. The molecule has 0 spiro atoms. The maximum atomic E-state index is 8.49. The second kappa shape index (κ2) is 11.6. The summed E-state index contributed by atoms with van der Waals surface area (Å²) in [7, 11) is 0. The van der Waals surface area contributed by atoms with Crippen molar-refractivity contribution in [2.75, 3.05) is 25.2 Å². The van der Waals surface area contributed by atoms with Crippen LogP contribution in [0.2, 0.25) is 0 Å². The summed E-state index contributed by atoms with van der Waals surface area (Å²) in [5.74, 6) is 2.05. The van der Waals surface area contributed by atoms with Crippen LogP contribution in [-0.4, -0.2) is 25.2 Å². The molecule has 0 unspecified atom stereocenters. The third-order valence-corrected chi connectivity index (χ3v) is 3.68. The van der Waals surface area contributed by atoms with Crippen LogP contribution in [0.3, 0.4) is 0 Å². The van der Waals surface area contributed by atoms with Crippen LogP contribution in [0.4, 0.5) is 0 Å². The van der Waals surface area contributed by atoms with Crippen molar-refractivity contribution < 1.29 is 4.74 Å². The van der Waals surface area contributed by atoms with Crippen molar-refractivity contribution in [2.24, 2.45) is 0 Å². The van der Waals surface area contributed by atoms with Crippen LogP contribution in [0.25, 0.3) is 0 Å². The number of nitriles is 1. The molecule has 1 rings (SSSR count). The number of ether oxygens (including phenoxy) is 1. The normalized spacial score (nSPS) is 10.2. The Bertz CT molecular complexity index is 404. The molecule has 3 nitrogen and oxygen atoms in total. The average Bonchev–Trinajstić information content (AvgIpc) is 2.48. The van der Waals surface area contributed by atoms with Gasteiger partial charge in [0.1, 0.15) is 11.8 Å². The van der Waals surface area contributed by atoms with Gasteiger partial charge in [-0.15, -0.1) is 0 Å². The first-order chi connectivity index (χ1) is 9.86. The van der Waals surface area contributed by atoms with Crippen molar-refractivity contribution in [1.29, 1.82) is 5.26 Å². The SMILES string of the molecule is CSCCCCCCNCc1cccc(OCC#N)c1. The third-order valence-electron chi connectivity index (χ3n) is 2.98. The molecule has 0 aliphatic heterocycles. The Labute approximate surface area is 126 Å². The van der Waals surface area contributed by atoms with E-state index in [1.807, 2.05) is 36.0 Å². The molecule has 1 aromatic rings. The van der Waals surface area contributed by atoms with Crippen LogP contribution in [0.15, 0.2) is 24.3 Å². The van der Waals surface area contributed by atoms with Crippen molar-refractivity contribution in [3.8, 4) is 11.8 Å². The van der Waals surface area contributed by atoms with Gasteiger partial charge < -0.3 is 10.1 Å². The average molecular weight is 292 g/mol. The Morgan fingerprint density at radius 1 is 1.25 bits per heavy atom. The van der Waals surface area contributed by atoms with Crippen LogP contribution in [0.5, 0.6) is 5.75 Å². The van der Waals surface area contributed by atoms with E-state index in [-0.39, 0.29) is 6.61 Å². The summed E-state index contributed by atoms with van der Waals surface area (Å²) in [5.41, 5.74) is 1.20. The van der Waals surface area contributed by atoms with Gasteiger partial charge >= 0.3 is 0 Å². The monoisotopic (exact) mass is 292 g/mol. The zero-order chi connectivity index (χ0) is 14.5. The smallest absolute Gasteiger partial charge is 0.174 e. The zero-order valence-corrected chi connectivity index (χ0v) is 13.0. The van der Waals surface area contributed by atoms with E-state index in [9.17, 15) is 0 Å². The van der Waals surface area contributed by atoms with Crippen LogP contribution >= 0.6 is 11.8 Å². The lowest BCUT2D eigenvalue weighted by atomic mass is 10.2. The van der Waals surface area contributed by atoms with Crippen LogP contribution in [0, 0.1) is 11.3 Å². The molecule has 0 heterocycles. The highest BCUT2D eigenvalue weighted by Gasteiger charge is 1.97. The number of unbranched alkanes of at least 4 members (excludes halogenated alkanes) is 3. The minimum absolute atomic E-state index is 0.104. The lowest BCUT2D eigenvalue weighted by Gasteiger charge is -2.07. The lowest BCUT2D eigenvalue weighted by Crippen LogP contribution is -2.14. The highest BCUT2D eigenvalue weighted by Crippen LogP contribution is 2.13. The summed E-state index contributed by atoms with van der Waals surface area (Å²) in [5, 5.41) is 11.9. The highest BCUT2D eigenvalue weighted by atomic mass is 32.2. The van der Waals surface area contributed by atoms with E-state index in [1.165, 1.54) is 37.0 Å². The number of hydrogen-bond acceptors (Lipinski definition) is 4. The van der Waals surface area contributed by atoms with Crippen LogP contribution < -0.4 is 10.1 Å². The van der Waals surface area contributed by atoms with Crippen molar-refractivity contribution in [3.63, 3.8) is 0 Å². The van der Waals surface area contributed by atoms with E-state index < -0.39 is 0 Å². The van der Waals surface area contributed by atoms with Gasteiger partial charge in [0.15, 0.2) is 6.61 Å². The molecule has 0 amide bonds. The fourth-order valence-corrected chi connectivity index (χ4v) is 2.44. The van der Waals surface area contributed by atoms with Crippen molar-refractivity contribution in [3.05, 3.63) is 29.8 Å². The first-order valence-electron chi connectivity index (χ1n) is 7.15. The molecule has 0 aliphatic carbocycles. The van der Waals surface area contributed by atoms with Gasteiger partial charge in [-0.25, -0.2) is 0 Å². The molecule has 0 radical (unpaired) electrons. The summed E-state index contributed by atoms with van der Waals surface area (Å²) in [6.07, 6.45) is 7.37. The van der Waals surface area contributed by atoms with E-state index >= 15 is 0 Å². The van der Waals surface area contributed by atoms with Crippen LogP contribution in [-0.2, 0) is 6.54 Å². The summed E-state index contributed by atoms with van der Waals surface area (Å²) in [4.78, 5) is 0. The van der Waals surface area contributed by atoms with Gasteiger partial charge in [0, 0.05) is 6.54 Å². The number of hydrogen-bond donors (Lipinski definition) is 1. The minimum atomic E-state index is 0.104. The van der Waals surface area contributed by atoms with Gasteiger partial charge in [-0.3, -0.25) is 0 Å². The summed E-state index contributed by atoms with van der Waals surface area (Å²) in [6.45, 7) is 2.02. The van der Waals surface area contributed by atoms with E-state index in [2.05, 4.69) is 17.6 Å². The van der Waals surface area contributed by atoms with Crippen molar-refractivity contribution in [1.82, 2.24) is 5.32 Å². The first-order valence-corrected chi connectivity index (χ1v) is 8.54. The summed E-state index contributed by atoms with van der Waals surface area (Å²) < 4.78 is 5.29. The Balaban J connectivity index is 2.11. The molecule has 0 aromatic heterocycles. The fourth-order valence-electron chi connectivity index (χ4n) is 1.94. The quantitative estimate of drug-likeness (QED) is 0.633. The van der Waals surface area contributed by atoms with Gasteiger partial charge in [0.05, 0.1) is 0 Å². The molecule has 1 aromatic carbocycles. The molecule has 1 N–H and O–H groups in total. The molecule has 110 valence electrons. The molecule has 0 saturated heterocycles. The topological polar surface area (TPSA) is 45.0 Å². The van der Waals surface area contributed by atoms with Gasteiger partial charge in [-0.05, 0) is 49.1 Å².